The lowest BCUT2D eigenvalue weighted by atomic mass is 9.89. The molecule has 0 saturated heterocycles. The molecule has 6 nitrogen and oxygen atoms in total. The van der Waals surface area contributed by atoms with Crippen LogP contribution >= 0.6 is 0 Å². The lowest BCUT2D eigenvalue weighted by molar-refractivity contribution is -0.171. The molecule has 0 spiro atoms. The normalized spacial score (nSPS) is 22.5. The molecule has 14 heavy (non-hydrogen) atoms. The van der Waals surface area contributed by atoms with Gasteiger partial charge in [0.25, 0.3) is 0 Å². The number of hydrogen-bond acceptors (Lipinski definition) is 6. The van der Waals surface area contributed by atoms with Crippen molar-refractivity contribution in [3.63, 3.8) is 0 Å². The summed E-state index contributed by atoms with van der Waals surface area (Å²) in [6, 6.07) is 0. The smallest absolute Gasteiger partial charge is 0.117 e. The SMILES string of the molecule is CNCC(O)C(C)(O)C(O)C(O)CO. The molecule has 0 radical (unpaired) electrons. The van der Waals surface area contributed by atoms with Gasteiger partial charge in [-0.3, -0.25) is 0 Å². The first kappa shape index (κ1) is 13.8. The molecule has 0 fully saturated rings. The molecule has 0 aromatic carbocycles. The zero-order valence-electron chi connectivity index (χ0n) is 8.38. The Bertz CT molecular complexity index is 164. The number of hydrogen-bond donors (Lipinski definition) is 6. The van der Waals surface area contributed by atoms with Crippen molar-refractivity contribution in [3.8, 4) is 0 Å². The molecular formula is C8H19NO5. The van der Waals surface area contributed by atoms with E-state index in [1.807, 2.05) is 0 Å². The molecule has 0 aliphatic carbocycles. The Morgan fingerprint density at radius 1 is 1.29 bits per heavy atom. The van der Waals surface area contributed by atoms with Crippen molar-refractivity contribution < 1.29 is 25.5 Å². The highest BCUT2D eigenvalue weighted by Crippen LogP contribution is 2.17. The van der Waals surface area contributed by atoms with Crippen molar-refractivity contribution in [2.45, 2.75) is 30.8 Å². The van der Waals surface area contributed by atoms with Gasteiger partial charge in [0, 0.05) is 6.54 Å². The maximum atomic E-state index is 9.67. The molecule has 4 unspecified atom stereocenters. The summed E-state index contributed by atoms with van der Waals surface area (Å²) in [4.78, 5) is 0. The van der Waals surface area contributed by atoms with Crippen LogP contribution in [0, 0.1) is 0 Å². The second-order valence-electron chi connectivity index (χ2n) is 3.49. The van der Waals surface area contributed by atoms with Crippen LogP contribution in [-0.2, 0) is 0 Å². The fourth-order valence-corrected chi connectivity index (χ4v) is 1.09. The quantitative estimate of drug-likeness (QED) is 0.278. The number of likely N-dealkylation sites (N-methyl/N-ethyl adjacent to an activating group) is 1. The van der Waals surface area contributed by atoms with Crippen molar-refractivity contribution >= 4 is 0 Å². The minimum atomic E-state index is -1.87. The fourth-order valence-electron chi connectivity index (χ4n) is 1.09. The van der Waals surface area contributed by atoms with E-state index in [1.165, 1.54) is 6.92 Å². The predicted octanol–water partition coefficient (Wildman–Crippen LogP) is -2.97. The average Bonchev–Trinajstić information content (AvgIpc) is 2.15. The Labute approximate surface area is 82.8 Å². The van der Waals surface area contributed by atoms with Gasteiger partial charge < -0.3 is 30.8 Å². The Hall–Kier alpha value is -0.240. The fraction of sp³-hybridized carbons (Fsp3) is 1.00. The molecule has 0 amide bonds. The largest absolute Gasteiger partial charge is 0.394 e. The van der Waals surface area contributed by atoms with Crippen LogP contribution in [0.25, 0.3) is 0 Å². The molecule has 6 N–H and O–H groups in total. The van der Waals surface area contributed by atoms with Crippen LogP contribution in [-0.4, -0.2) is 69.6 Å². The molecule has 0 aromatic rings. The van der Waals surface area contributed by atoms with E-state index in [4.69, 9.17) is 10.2 Å². The third kappa shape index (κ3) is 3.16. The Morgan fingerprint density at radius 3 is 2.14 bits per heavy atom. The van der Waals surface area contributed by atoms with Crippen molar-refractivity contribution in [2.24, 2.45) is 0 Å². The topological polar surface area (TPSA) is 113 Å². The summed E-state index contributed by atoms with van der Waals surface area (Å²) in [6.07, 6.45) is -4.31. The van der Waals surface area contributed by atoms with Crippen molar-refractivity contribution in [3.05, 3.63) is 0 Å². The minimum Gasteiger partial charge on any atom is -0.394 e. The van der Waals surface area contributed by atoms with E-state index in [2.05, 4.69) is 5.32 Å². The third-order valence-electron chi connectivity index (χ3n) is 2.22. The van der Waals surface area contributed by atoms with Crippen LogP contribution < -0.4 is 5.32 Å². The molecule has 6 heteroatoms. The summed E-state index contributed by atoms with van der Waals surface area (Å²) < 4.78 is 0. The zero-order valence-corrected chi connectivity index (χ0v) is 8.38. The van der Waals surface area contributed by atoms with Crippen LogP contribution in [0.2, 0.25) is 0 Å². The Kier molecular flexibility index (Phi) is 5.50. The summed E-state index contributed by atoms with van der Waals surface area (Å²) in [5.41, 5.74) is -1.87. The number of aliphatic hydroxyl groups excluding tert-OH is 4. The van der Waals surface area contributed by atoms with Crippen molar-refractivity contribution in [1.29, 1.82) is 0 Å². The van der Waals surface area contributed by atoms with Crippen LogP contribution in [0.15, 0.2) is 0 Å². The molecule has 0 aliphatic rings. The molecule has 0 rings (SSSR count). The molecule has 0 saturated carbocycles. The van der Waals surface area contributed by atoms with Gasteiger partial charge in [-0.05, 0) is 14.0 Å². The first-order valence-electron chi connectivity index (χ1n) is 4.40. The molecule has 0 bridgehead atoms. The summed E-state index contributed by atoms with van der Waals surface area (Å²) in [5.74, 6) is 0. The van der Waals surface area contributed by atoms with Crippen LogP contribution in [0.1, 0.15) is 6.92 Å². The standard InChI is InChI=1S/C8H19NO5/c1-8(14,6(12)3-9-2)7(13)5(11)4-10/h5-7,9-14H,3-4H2,1-2H3. The summed E-state index contributed by atoms with van der Waals surface area (Å²) >= 11 is 0. The highest BCUT2D eigenvalue weighted by Gasteiger charge is 2.41. The molecule has 0 heterocycles. The summed E-state index contributed by atoms with van der Waals surface area (Å²) in [7, 11) is 1.58. The van der Waals surface area contributed by atoms with E-state index in [0.29, 0.717) is 0 Å². The third-order valence-corrected chi connectivity index (χ3v) is 2.22. The van der Waals surface area contributed by atoms with Gasteiger partial charge in [-0.2, -0.15) is 0 Å². The molecule has 4 atom stereocenters. The van der Waals surface area contributed by atoms with Gasteiger partial charge in [-0.15, -0.1) is 0 Å². The van der Waals surface area contributed by atoms with E-state index >= 15 is 0 Å². The van der Waals surface area contributed by atoms with Gasteiger partial charge >= 0.3 is 0 Å². The van der Waals surface area contributed by atoms with Crippen LogP contribution in [0.5, 0.6) is 0 Å². The first-order valence-corrected chi connectivity index (χ1v) is 4.40. The lowest BCUT2D eigenvalue weighted by Gasteiger charge is -2.35. The summed E-state index contributed by atoms with van der Waals surface area (Å²) in [5, 5.41) is 48.8. The van der Waals surface area contributed by atoms with E-state index < -0.39 is 30.5 Å². The van der Waals surface area contributed by atoms with Crippen LogP contribution in [0.3, 0.4) is 0 Å². The van der Waals surface area contributed by atoms with Gasteiger partial charge in [0.2, 0.25) is 0 Å². The second-order valence-corrected chi connectivity index (χ2v) is 3.49. The predicted molar refractivity (Wildman–Crippen MR) is 49.7 cm³/mol. The first-order chi connectivity index (χ1) is 6.37. The maximum absolute atomic E-state index is 9.67. The monoisotopic (exact) mass is 209 g/mol. The van der Waals surface area contributed by atoms with Gasteiger partial charge in [0.05, 0.1) is 12.7 Å². The average molecular weight is 209 g/mol. The number of aliphatic hydroxyl groups is 5. The van der Waals surface area contributed by atoms with Gasteiger partial charge in [0.15, 0.2) is 0 Å². The van der Waals surface area contributed by atoms with Gasteiger partial charge in [0.1, 0.15) is 17.8 Å². The van der Waals surface area contributed by atoms with E-state index in [-0.39, 0.29) is 6.54 Å². The van der Waals surface area contributed by atoms with E-state index in [9.17, 15) is 15.3 Å². The van der Waals surface area contributed by atoms with Crippen molar-refractivity contribution in [2.75, 3.05) is 20.2 Å². The number of nitrogens with one attached hydrogen (secondary N) is 1. The highest BCUT2D eigenvalue weighted by molar-refractivity contribution is 4.93. The van der Waals surface area contributed by atoms with E-state index in [0.717, 1.165) is 0 Å². The molecule has 0 aromatic heterocycles. The lowest BCUT2D eigenvalue weighted by Crippen LogP contribution is -2.57. The molecule has 0 aliphatic heterocycles. The van der Waals surface area contributed by atoms with Gasteiger partial charge in [-0.25, -0.2) is 0 Å². The number of rotatable bonds is 6. The maximum Gasteiger partial charge on any atom is 0.117 e. The van der Waals surface area contributed by atoms with E-state index in [1.54, 1.807) is 7.05 Å². The van der Waals surface area contributed by atoms with Crippen LogP contribution in [0.4, 0.5) is 0 Å². The Balaban J connectivity index is 4.42. The molecular weight excluding hydrogens is 190 g/mol. The highest BCUT2D eigenvalue weighted by atomic mass is 16.4. The second kappa shape index (κ2) is 5.59. The van der Waals surface area contributed by atoms with Gasteiger partial charge in [-0.1, -0.05) is 0 Å². The molecule has 86 valence electrons. The summed E-state index contributed by atoms with van der Waals surface area (Å²) in [6.45, 7) is 0.588. The van der Waals surface area contributed by atoms with Crippen molar-refractivity contribution in [1.82, 2.24) is 5.32 Å². The minimum absolute atomic E-state index is 0.0716. The zero-order chi connectivity index (χ0) is 11.4. The Morgan fingerprint density at radius 2 is 1.79 bits per heavy atom.